The van der Waals surface area contributed by atoms with Crippen molar-refractivity contribution >= 4 is 111 Å². The Morgan fingerprint density at radius 3 is 1.82 bits per heavy atom. The Balaban J connectivity index is 1.05. The highest BCUT2D eigenvalue weighted by Crippen LogP contribution is 2.34. The maximum atomic E-state index is 13.9. The fourth-order valence-corrected chi connectivity index (χ4v) is 10.2. The number of oxazole rings is 2. The number of carboxylic acids is 1. The number of esters is 1. The van der Waals surface area contributed by atoms with Crippen molar-refractivity contribution < 1.29 is 80.9 Å². The summed E-state index contributed by atoms with van der Waals surface area (Å²) in [6.45, 7) is 6.81. The Labute approximate surface area is 500 Å². The number of hydrogen-bond acceptors (Lipinski definition) is 21. The number of aliphatic carboxylic acids is 1. The number of aromatic nitrogens is 6. The zero-order valence-electron chi connectivity index (χ0n) is 48.8. The molecule has 462 valence electrons. The number of nitrogens with two attached hydrogens (primary N) is 2. The highest BCUT2D eigenvalue weighted by atomic mass is 32.2. The Kier molecular flexibility index (Phi) is 21.5. The van der Waals surface area contributed by atoms with Gasteiger partial charge in [0.2, 0.25) is 53.0 Å². The van der Waals surface area contributed by atoms with Gasteiger partial charge >= 0.3 is 11.9 Å². The van der Waals surface area contributed by atoms with E-state index in [2.05, 4.69) is 35.9 Å². The molecule has 0 saturated carbocycles. The number of Topliss-reactive ketones (excluding diaryl/α,β-unsaturated/α-hetero) is 2. The van der Waals surface area contributed by atoms with Crippen LogP contribution in [0.3, 0.4) is 0 Å². The van der Waals surface area contributed by atoms with Crippen LogP contribution in [0.4, 0.5) is 11.9 Å². The number of anilines is 2. The maximum Gasteiger partial charge on any atom is 0.309 e. The zero-order valence-corrected chi connectivity index (χ0v) is 49.6. The molecule has 1 aliphatic rings. The summed E-state index contributed by atoms with van der Waals surface area (Å²) in [4.78, 5) is 160. The topological polar surface area (TPSA) is 415 Å². The summed E-state index contributed by atoms with van der Waals surface area (Å²) < 4.78 is 31.9. The number of rotatable bonds is 32. The molecule has 0 spiro atoms. The third-order valence-corrected chi connectivity index (χ3v) is 14.8. The van der Waals surface area contributed by atoms with Gasteiger partial charge in [-0.2, -0.15) is 11.8 Å². The Morgan fingerprint density at radius 1 is 0.782 bits per heavy atom. The first-order valence-corrected chi connectivity index (χ1v) is 28.9. The average molecular weight is 1220 g/mol. The molecule has 5 heterocycles. The molecule has 29 nitrogen and oxygen atoms in total. The standard InChI is InChI=1S/C57H66N12O17S/c1-8-36-47(85-29(4)61-36)52(78)65-56-63-38-21-32(49(58)75)23-40(82-6)45(38)67(56)15-10-11-16-68-46-39(64-57(68)66-53(79)48-37(9-2)62-30(5)86-48)22-33(50(59)76)24-41(46)83-17-12-18-84-55(81)28(3)19-34(70)26-60-51(77)31(13-14-44(73)74)20-35(71)27-69-43(72)25-42(87-7)54(69)80/h10-11,21-24,28,31,42H,8-9,12-20,25-27H2,1-7H3,(H2,58,75)(H2,59,76)(H,60,77)(H,73,74)(H,63,65,78)(H,64,66,79)/b11-10+/t28-,31+,42?/m1/s1. The lowest BCUT2D eigenvalue weighted by atomic mass is 9.95. The lowest BCUT2D eigenvalue weighted by Crippen LogP contribution is -2.39. The molecule has 1 fully saturated rings. The van der Waals surface area contributed by atoms with Crippen LogP contribution in [0.5, 0.6) is 11.5 Å². The number of carbonyl (C=O) groups excluding carboxylic acids is 10. The molecule has 1 aliphatic heterocycles. The zero-order chi connectivity index (χ0) is 63.4. The van der Waals surface area contributed by atoms with Crippen LogP contribution < -0.4 is 36.9 Å². The van der Waals surface area contributed by atoms with Crippen LogP contribution in [-0.2, 0) is 64.2 Å². The fourth-order valence-electron chi connectivity index (χ4n) is 9.53. The van der Waals surface area contributed by atoms with Crippen molar-refractivity contribution in [2.24, 2.45) is 23.3 Å². The number of carbonyl (C=O) groups is 11. The van der Waals surface area contributed by atoms with Gasteiger partial charge in [0.1, 0.15) is 22.5 Å². The third-order valence-electron chi connectivity index (χ3n) is 13.8. The van der Waals surface area contributed by atoms with E-state index < -0.39 is 108 Å². The molecular weight excluding hydrogens is 1160 g/mol. The van der Waals surface area contributed by atoms with Crippen LogP contribution in [0.1, 0.15) is 124 Å². The molecule has 7 amide bonds. The van der Waals surface area contributed by atoms with Crippen molar-refractivity contribution in [3.63, 3.8) is 0 Å². The number of imidazole rings is 2. The number of ether oxygens (including phenoxy) is 3. The Bertz CT molecular complexity index is 3730. The van der Waals surface area contributed by atoms with E-state index in [1.54, 1.807) is 48.3 Å². The molecule has 8 N–H and O–H groups in total. The smallest absolute Gasteiger partial charge is 0.309 e. The molecule has 2 aromatic carbocycles. The average Bonchev–Trinajstić information content (AvgIpc) is 1.78. The van der Waals surface area contributed by atoms with Crippen LogP contribution in [0.25, 0.3) is 22.1 Å². The SMILES string of the molecule is CCc1nc(C)oc1C(=O)Nc1nc2cc(C(N)=O)cc(OC)c2n1C/C=C/Cn1c(NC(=O)c2oc(C)nc2CC)nc2cc(C(N)=O)cc(OCCCOC(=O)[C@H](C)CC(=O)CNC(=O)[C@@H](CCC(=O)O)CC(=O)CN3C(=O)CC(SC)C3=O)c21. The molecule has 1 saturated heterocycles. The number of fused-ring (bicyclic) bond motifs is 2. The van der Waals surface area contributed by atoms with Crippen LogP contribution in [0.2, 0.25) is 0 Å². The van der Waals surface area contributed by atoms with Crippen molar-refractivity contribution in [2.45, 2.75) is 104 Å². The van der Waals surface area contributed by atoms with Crippen molar-refractivity contribution in [3.8, 4) is 11.5 Å². The van der Waals surface area contributed by atoms with E-state index in [1.165, 1.54) is 50.1 Å². The molecular formula is C57H66N12O17S. The lowest BCUT2D eigenvalue weighted by molar-refractivity contribution is -0.149. The highest BCUT2D eigenvalue weighted by Gasteiger charge is 2.39. The number of benzene rings is 2. The number of methoxy groups -OCH3 is 1. The van der Waals surface area contributed by atoms with Crippen LogP contribution in [-0.4, -0.2) is 149 Å². The van der Waals surface area contributed by atoms with E-state index in [9.17, 15) is 57.8 Å². The van der Waals surface area contributed by atoms with Crippen molar-refractivity contribution in [1.82, 2.24) is 39.3 Å². The summed E-state index contributed by atoms with van der Waals surface area (Å²) in [5.74, 6) is -9.33. The lowest BCUT2D eigenvalue weighted by Gasteiger charge is -2.18. The molecule has 3 atom stereocenters. The molecule has 0 aliphatic carbocycles. The van der Waals surface area contributed by atoms with Gasteiger partial charge < -0.3 is 54.1 Å². The molecule has 87 heavy (non-hydrogen) atoms. The summed E-state index contributed by atoms with van der Waals surface area (Å²) in [5.41, 5.74) is 13.4. The number of imide groups is 1. The predicted molar refractivity (Wildman–Crippen MR) is 311 cm³/mol. The quantitative estimate of drug-likeness (QED) is 0.0150. The monoisotopic (exact) mass is 1220 g/mol. The van der Waals surface area contributed by atoms with Gasteiger partial charge in [-0.15, -0.1) is 0 Å². The first-order chi connectivity index (χ1) is 41.4. The number of carboxylic acid groups (broad SMARTS) is 1. The van der Waals surface area contributed by atoms with Gasteiger partial charge in [0.15, 0.2) is 23.3 Å². The number of aryl methyl sites for hydroxylation is 4. The van der Waals surface area contributed by atoms with Crippen LogP contribution in [0.15, 0.2) is 45.3 Å². The highest BCUT2D eigenvalue weighted by molar-refractivity contribution is 8.00. The number of likely N-dealkylation sites (tertiary alicyclic amines) is 1. The van der Waals surface area contributed by atoms with E-state index >= 15 is 0 Å². The number of allylic oxidation sites excluding steroid dienone is 2. The summed E-state index contributed by atoms with van der Waals surface area (Å²) in [5, 5.41) is 16.6. The first-order valence-electron chi connectivity index (χ1n) is 27.6. The number of ketones is 2. The van der Waals surface area contributed by atoms with Gasteiger partial charge in [-0.05, 0) is 49.8 Å². The van der Waals surface area contributed by atoms with Crippen LogP contribution >= 0.6 is 11.8 Å². The molecule has 1 unspecified atom stereocenters. The van der Waals surface area contributed by atoms with E-state index in [0.29, 0.717) is 29.7 Å². The molecule has 4 aromatic heterocycles. The summed E-state index contributed by atoms with van der Waals surface area (Å²) >= 11 is 1.17. The molecule has 6 aromatic rings. The molecule has 0 bridgehead atoms. The second kappa shape index (κ2) is 28.9. The maximum absolute atomic E-state index is 13.9. The van der Waals surface area contributed by atoms with E-state index in [-0.39, 0.29) is 126 Å². The summed E-state index contributed by atoms with van der Waals surface area (Å²) in [6, 6.07) is 5.70. The van der Waals surface area contributed by atoms with Gasteiger partial charge in [-0.3, -0.25) is 68.3 Å². The Morgan fingerprint density at radius 2 is 1.32 bits per heavy atom. The minimum Gasteiger partial charge on any atom is -0.494 e. The number of thioether (sulfide) groups is 1. The van der Waals surface area contributed by atoms with Crippen LogP contribution in [0, 0.1) is 25.7 Å². The van der Waals surface area contributed by atoms with Gasteiger partial charge in [0.05, 0.1) is 67.0 Å². The van der Waals surface area contributed by atoms with E-state index in [4.69, 9.17) is 34.5 Å². The summed E-state index contributed by atoms with van der Waals surface area (Å²) in [6.07, 6.45) is 4.28. The van der Waals surface area contributed by atoms with Crippen molar-refractivity contribution in [3.05, 3.63) is 82.2 Å². The summed E-state index contributed by atoms with van der Waals surface area (Å²) in [7, 11) is 1.40. The largest absolute Gasteiger partial charge is 0.494 e. The predicted octanol–water partition coefficient (Wildman–Crippen LogP) is 4.03. The number of hydrogen-bond donors (Lipinski definition) is 6. The number of primary amides is 2. The van der Waals surface area contributed by atoms with E-state index in [1.807, 2.05) is 6.92 Å². The Hall–Kier alpha value is -9.74. The number of nitrogens with one attached hydrogen (secondary N) is 3. The fraction of sp³-hybridized carbons (Fsp3) is 0.421. The number of nitrogens with zero attached hydrogens (tertiary/aromatic N) is 7. The molecule has 0 radical (unpaired) electrons. The minimum absolute atomic E-state index is 0.000986. The minimum atomic E-state index is -1.23. The molecule has 30 heteroatoms. The van der Waals surface area contributed by atoms with Crippen molar-refractivity contribution in [1.29, 1.82) is 0 Å². The van der Waals surface area contributed by atoms with Crippen molar-refractivity contribution in [2.75, 3.05) is 50.3 Å². The first kappa shape index (κ1) is 64.8. The van der Waals surface area contributed by atoms with Gasteiger partial charge in [0.25, 0.3) is 11.8 Å². The van der Waals surface area contributed by atoms with Gasteiger partial charge in [-0.25, -0.2) is 19.9 Å². The van der Waals surface area contributed by atoms with Gasteiger partial charge in [0, 0.05) is 76.1 Å². The number of amides is 7. The normalized spacial score (nSPS) is 13.9. The second-order valence-electron chi connectivity index (χ2n) is 20.2. The molecule has 7 rings (SSSR count). The third kappa shape index (κ3) is 15.8. The second-order valence-corrected chi connectivity index (χ2v) is 21.2. The van der Waals surface area contributed by atoms with E-state index in [0.717, 1.165) is 4.90 Å². The van der Waals surface area contributed by atoms with Gasteiger partial charge in [-0.1, -0.05) is 32.9 Å².